The first-order chi connectivity index (χ1) is 18.5. The molecule has 4 unspecified atom stereocenters. The van der Waals surface area contributed by atoms with Crippen LogP contribution < -0.4 is 10.9 Å². The SMILES string of the molecule is [2H][B-](c1c(F)c(F)c(F)c(F)c1F)(c1c(F)c(F)c(F)c(F)c1F)C1C2CCC(C)(C1N1CCCCC1)C2(C)C. The van der Waals surface area contributed by atoms with Crippen molar-refractivity contribution in [3.8, 4) is 0 Å². The van der Waals surface area contributed by atoms with E-state index in [9.17, 15) is 27.7 Å². The van der Waals surface area contributed by atoms with Crippen molar-refractivity contribution in [3.63, 3.8) is 0 Å². The molecule has 1 nitrogen and oxygen atoms in total. The van der Waals surface area contributed by atoms with E-state index in [0.717, 1.165) is 6.42 Å². The van der Waals surface area contributed by atoms with E-state index >= 15 is 17.6 Å². The summed E-state index contributed by atoms with van der Waals surface area (Å²) < 4.78 is 158. The summed E-state index contributed by atoms with van der Waals surface area (Å²) in [5, 5.41) is 0. The average Bonchev–Trinajstić information content (AvgIpc) is 3.26. The fourth-order valence-electron chi connectivity index (χ4n) is 7.99. The number of piperidine rings is 1. The van der Waals surface area contributed by atoms with Gasteiger partial charge in [0, 0.05) is 0 Å². The first-order valence-electron chi connectivity index (χ1n) is 13.5. The summed E-state index contributed by atoms with van der Waals surface area (Å²) in [6, 6.07) is -0.885. The van der Waals surface area contributed by atoms with Gasteiger partial charge in [-0.15, -0.1) is 16.7 Å². The summed E-state index contributed by atoms with van der Waals surface area (Å²) >= 11 is 0. The van der Waals surface area contributed by atoms with Crippen molar-refractivity contribution in [3.05, 3.63) is 58.2 Å². The van der Waals surface area contributed by atoms with Gasteiger partial charge in [-0.05, 0) is 49.2 Å². The smallest absolute Gasteiger partial charge is 0.200 e. The summed E-state index contributed by atoms with van der Waals surface area (Å²) in [5.41, 5.74) is -5.32. The molecule has 1 heterocycles. The molecule has 214 valence electrons. The quantitative estimate of drug-likeness (QED) is 0.187. The third-order valence-electron chi connectivity index (χ3n) is 10.1. The van der Waals surface area contributed by atoms with Crippen LogP contribution in [0, 0.1) is 74.9 Å². The van der Waals surface area contributed by atoms with Gasteiger partial charge in [0.05, 0.1) is 6.68 Å². The molecule has 2 aromatic carbocycles. The van der Waals surface area contributed by atoms with Gasteiger partial charge >= 0.3 is 0 Å². The van der Waals surface area contributed by atoms with Crippen LogP contribution in [0.1, 0.15) is 52.9 Å². The van der Waals surface area contributed by atoms with Crippen LogP contribution in [-0.4, -0.2) is 32.0 Å². The Morgan fingerprint density at radius 1 is 0.641 bits per heavy atom. The van der Waals surface area contributed by atoms with Gasteiger partial charge in [-0.1, -0.05) is 39.5 Å². The molecule has 39 heavy (non-hydrogen) atoms. The first-order valence-corrected chi connectivity index (χ1v) is 12.9. The fourth-order valence-corrected chi connectivity index (χ4v) is 7.99. The summed E-state index contributed by atoms with van der Waals surface area (Å²) in [4.78, 5) is 1.89. The zero-order valence-electron chi connectivity index (χ0n) is 22.5. The minimum atomic E-state index is -4.61. The predicted octanol–water partition coefficient (Wildman–Crippen LogP) is 6.10. The standard InChI is InChI=1S/C27H27BF10N/c1-26(2)11-7-8-27(26,3)25(39-9-5-4-6-10-39)12(11)28(13-15(29)19(33)23(37)20(34)16(13)30)14-17(31)21(35)24(38)22(36)18(14)32/h11-12,25,28H,4-10H2,1-3H3/q-1/i28D. The number of halogens is 10. The molecule has 3 fully saturated rings. The second-order valence-electron chi connectivity index (χ2n) is 11.8. The van der Waals surface area contributed by atoms with E-state index in [4.69, 9.17) is 0 Å². The Balaban J connectivity index is 1.94. The zero-order chi connectivity index (χ0) is 29.7. The predicted molar refractivity (Wildman–Crippen MR) is 126 cm³/mol. The second-order valence-corrected chi connectivity index (χ2v) is 11.8. The Bertz CT molecular complexity index is 1270. The maximum atomic E-state index is 15.5. The molecule has 2 aromatic rings. The van der Waals surface area contributed by atoms with Gasteiger partial charge in [0.25, 0.3) is 0 Å². The van der Waals surface area contributed by atoms with Crippen LogP contribution in [0.5, 0.6) is 0 Å². The van der Waals surface area contributed by atoms with Gasteiger partial charge in [0.1, 0.15) is 23.3 Å². The molecular formula is C27H27BF10N-. The van der Waals surface area contributed by atoms with E-state index in [0.29, 0.717) is 32.4 Å². The molecule has 4 atom stereocenters. The number of benzene rings is 2. The third-order valence-corrected chi connectivity index (χ3v) is 10.1. The van der Waals surface area contributed by atoms with Gasteiger partial charge in [-0.3, -0.25) is 0 Å². The molecule has 1 aliphatic heterocycles. The summed E-state index contributed by atoms with van der Waals surface area (Å²) in [5.74, 6) is -27.5. The van der Waals surface area contributed by atoms with Crippen molar-refractivity contribution in [2.45, 2.75) is 64.7 Å². The molecule has 1 saturated heterocycles. The molecule has 0 N–H and O–H groups in total. The molecule has 0 spiro atoms. The molecule has 12 heteroatoms. The van der Waals surface area contributed by atoms with Crippen LogP contribution in [-0.2, 0) is 0 Å². The van der Waals surface area contributed by atoms with Crippen molar-refractivity contribution in [1.82, 2.24) is 4.90 Å². The average molecular weight is 567 g/mol. The maximum absolute atomic E-state index is 15.5. The summed E-state index contributed by atoms with van der Waals surface area (Å²) in [7, 11) is 0. The highest BCUT2D eigenvalue weighted by atomic mass is 19.2. The summed E-state index contributed by atoms with van der Waals surface area (Å²) in [6.07, 6.45) is 2.96. The lowest BCUT2D eigenvalue weighted by atomic mass is 9.29. The highest BCUT2D eigenvalue weighted by molar-refractivity contribution is 6.86. The number of rotatable bonds is 4. The lowest BCUT2D eigenvalue weighted by Gasteiger charge is -2.52. The molecule has 0 aromatic heterocycles. The fraction of sp³-hybridized carbons (Fsp3) is 0.556. The maximum Gasteiger partial charge on any atom is 0.200 e. The van der Waals surface area contributed by atoms with E-state index < -0.39 is 104 Å². The van der Waals surface area contributed by atoms with Crippen molar-refractivity contribution >= 4 is 17.6 Å². The van der Waals surface area contributed by atoms with Gasteiger partial charge in [-0.2, -0.15) is 0 Å². The largest absolute Gasteiger partial charge is 0.303 e. The number of fused-ring (bicyclic) bond motifs is 2. The monoisotopic (exact) mass is 567 g/mol. The van der Waals surface area contributed by atoms with E-state index in [1.807, 2.05) is 11.8 Å². The zero-order valence-corrected chi connectivity index (χ0v) is 21.5. The van der Waals surface area contributed by atoms with Crippen LogP contribution in [0.15, 0.2) is 0 Å². The topological polar surface area (TPSA) is 3.24 Å². The molecule has 0 amide bonds. The number of likely N-dealkylation sites (tertiary alicyclic amines) is 1. The van der Waals surface area contributed by atoms with Crippen LogP contribution in [0.4, 0.5) is 43.9 Å². The van der Waals surface area contributed by atoms with Gasteiger partial charge in [-0.25, -0.2) is 45.2 Å². The van der Waals surface area contributed by atoms with Crippen LogP contribution in [0.3, 0.4) is 0 Å². The molecule has 3 aliphatic rings. The van der Waals surface area contributed by atoms with E-state index in [-0.39, 0.29) is 6.42 Å². The third kappa shape index (κ3) is 3.71. The van der Waals surface area contributed by atoms with Gasteiger partial charge in [0.2, 0.25) is 0 Å². The number of nitrogens with zero attached hydrogens (tertiary/aromatic N) is 1. The van der Waals surface area contributed by atoms with E-state index in [1.54, 1.807) is 13.8 Å². The van der Waals surface area contributed by atoms with Gasteiger partial charge in [0.15, 0.2) is 34.9 Å². The molecular weight excluding hydrogens is 539 g/mol. The highest BCUT2D eigenvalue weighted by Crippen LogP contribution is 2.71. The first kappa shape index (κ1) is 27.0. The normalized spacial score (nSPS) is 29.3. The van der Waals surface area contributed by atoms with Crippen LogP contribution >= 0.6 is 0 Å². The van der Waals surface area contributed by atoms with Crippen molar-refractivity contribution in [2.75, 3.05) is 13.1 Å². The van der Waals surface area contributed by atoms with Crippen molar-refractivity contribution in [2.24, 2.45) is 16.7 Å². The Hall–Kier alpha value is -2.24. The minimum Gasteiger partial charge on any atom is -0.303 e. The molecule has 2 aliphatic carbocycles. The number of hydrogen-bond acceptors (Lipinski definition) is 1. The summed E-state index contributed by atoms with van der Waals surface area (Å²) in [6.45, 7) is 1.63. The Morgan fingerprint density at radius 3 is 1.44 bits per heavy atom. The Kier molecular flexibility index (Phi) is 6.51. The molecule has 2 bridgehead atoms. The minimum absolute atomic E-state index is 0.256. The van der Waals surface area contributed by atoms with Gasteiger partial charge < -0.3 is 4.90 Å². The highest BCUT2D eigenvalue weighted by Gasteiger charge is 2.66. The Morgan fingerprint density at radius 2 is 1.03 bits per heavy atom. The van der Waals surface area contributed by atoms with Crippen molar-refractivity contribution < 1.29 is 43.9 Å². The van der Waals surface area contributed by atoms with E-state index in [2.05, 4.69) is 0 Å². The lowest BCUT2D eigenvalue weighted by Crippen LogP contribution is -2.61. The van der Waals surface area contributed by atoms with E-state index in [1.165, 1.54) is 0 Å². The second kappa shape index (κ2) is 9.41. The Labute approximate surface area is 221 Å². The molecule has 0 radical (unpaired) electrons. The molecule has 5 rings (SSSR count). The van der Waals surface area contributed by atoms with Crippen molar-refractivity contribution in [1.29, 1.82) is 1.34 Å². The van der Waals surface area contributed by atoms with Crippen LogP contribution in [0.25, 0.3) is 0 Å². The lowest BCUT2D eigenvalue weighted by molar-refractivity contribution is 0.0323. The molecule has 2 saturated carbocycles. The van der Waals surface area contributed by atoms with Crippen LogP contribution in [0.2, 0.25) is 5.82 Å². The number of hydrogen-bond donors (Lipinski definition) is 0.